The quantitative estimate of drug-likeness (QED) is 0.839. The summed E-state index contributed by atoms with van der Waals surface area (Å²) >= 11 is 1.90. The fourth-order valence-electron chi connectivity index (χ4n) is 3.59. The third-order valence-electron chi connectivity index (χ3n) is 4.77. The van der Waals surface area contributed by atoms with Gasteiger partial charge in [-0.3, -0.25) is 0 Å². The van der Waals surface area contributed by atoms with Gasteiger partial charge in [0, 0.05) is 10.3 Å². The molecule has 1 aromatic heterocycles. The number of aryl methyl sites for hydroxylation is 1. The van der Waals surface area contributed by atoms with Crippen molar-refractivity contribution in [3.63, 3.8) is 0 Å². The molecule has 1 aromatic rings. The van der Waals surface area contributed by atoms with Crippen molar-refractivity contribution in [2.75, 3.05) is 0 Å². The van der Waals surface area contributed by atoms with Gasteiger partial charge in [-0.15, -0.1) is 11.3 Å². The van der Waals surface area contributed by atoms with E-state index in [0.29, 0.717) is 0 Å². The Bertz CT molecular complexity index is 463. The first kappa shape index (κ1) is 12.6. The van der Waals surface area contributed by atoms with Crippen LogP contribution in [0.1, 0.15) is 68.5 Å². The smallest absolute Gasteiger partial charge is 0.113 e. The lowest BCUT2D eigenvalue weighted by Crippen LogP contribution is -2.41. The van der Waals surface area contributed by atoms with Crippen LogP contribution >= 0.6 is 11.3 Å². The highest BCUT2D eigenvalue weighted by Gasteiger charge is 2.40. The van der Waals surface area contributed by atoms with Crippen molar-refractivity contribution in [1.82, 2.24) is 4.98 Å². The van der Waals surface area contributed by atoms with E-state index in [1.54, 1.807) is 0 Å². The van der Waals surface area contributed by atoms with Crippen LogP contribution in [-0.2, 0) is 17.4 Å². The molecule has 0 aromatic carbocycles. The topological polar surface area (TPSA) is 38.9 Å². The average molecular weight is 264 g/mol. The van der Waals surface area contributed by atoms with Gasteiger partial charge in [-0.2, -0.15) is 0 Å². The monoisotopic (exact) mass is 264 g/mol. The zero-order chi connectivity index (χ0) is 13.0. The predicted octanol–water partition coefficient (Wildman–Crippen LogP) is 3.73. The first-order chi connectivity index (χ1) is 8.41. The van der Waals surface area contributed by atoms with Crippen LogP contribution in [-0.4, -0.2) is 4.98 Å². The Hall–Kier alpha value is -0.410. The lowest BCUT2D eigenvalue weighted by molar-refractivity contribution is 0.238. The van der Waals surface area contributed by atoms with Crippen LogP contribution in [0, 0.1) is 5.92 Å². The molecule has 0 bridgehead atoms. The van der Waals surface area contributed by atoms with E-state index in [9.17, 15) is 0 Å². The van der Waals surface area contributed by atoms with Crippen molar-refractivity contribution in [1.29, 1.82) is 0 Å². The van der Waals surface area contributed by atoms with Gasteiger partial charge in [-0.25, -0.2) is 4.98 Å². The summed E-state index contributed by atoms with van der Waals surface area (Å²) in [5.41, 5.74) is 8.14. The normalized spacial score (nSPS) is 34.6. The van der Waals surface area contributed by atoms with Crippen LogP contribution in [0.2, 0.25) is 0 Å². The molecule has 0 aliphatic heterocycles. The first-order valence-electron chi connectivity index (χ1n) is 7.20. The molecule has 0 saturated heterocycles. The minimum absolute atomic E-state index is 0.136. The van der Waals surface area contributed by atoms with Crippen molar-refractivity contribution >= 4 is 11.3 Å². The fraction of sp³-hybridized carbons (Fsp3) is 0.800. The molecular weight excluding hydrogens is 240 g/mol. The maximum atomic E-state index is 6.67. The highest BCUT2D eigenvalue weighted by molar-refractivity contribution is 7.12. The Kier molecular flexibility index (Phi) is 2.83. The number of hydrogen-bond acceptors (Lipinski definition) is 3. The second-order valence-electron chi connectivity index (χ2n) is 7.03. The van der Waals surface area contributed by atoms with E-state index in [-0.39, 0.29) is 11.0 Å². The third-order valence-corrected chi connectivity index (χ3v) is 6.11. The molecule has 2 aliphatic rings. The highest BCUT2D eigenvalue weighted by Crippen LogP contribution is 2.45. The number of fused-ring (bicyclic) bond motifs is 1. The Morgan fingerprint density at radius 1 is 1.33 bits per heavy atom. The molecule has 1 heterocycles. The van der Waals surface area contributed by atoms with Crippen LogP contribution in [0.15, 0.2) is 0 Å². The molecule has 2 N–H and O–H groups in total. The summed E-state index contributed by atoms with van der Waals surface area (Å²) in [5.74, 6) is 0.746. The highest BCUT2D eigenvalue weighted by atomic mass is 32.1. The van der Waals surface area contributed by atoms with Crippen molar-refractivity contribution < 1.29 is 0 Å². The third kappa shape index (κ3) is 1.92. The Labute approximate surface area is 114 Å². The zero-order valence-corrected chi connectivity index (χ0v) is 12.6. The van der Waals surface area contributed by atoms with Crippen molar-refractivity contribution in [2.24, 2.45) is 11.7 Å². The number of nitrogens with two attached hydrogens (primary N) is 1. The summed E-state index contributed by atoms with van der Waals surface area (Å²) in [4.78, 5) is 6.47. The number of nitrogens with zero attached hydrogens (tertiary/aromatic N) is 1. The Morgan fingerprint density at radius 2 is 2.11 bits per heavy atom. The van der Waals surface area contributed by atoms with Crippen LogP contribution in [0.25, 0.3) is 0 Å². The van der Waals surface area contributed by atoms with E-state index in [2.05, 4.69) is 20.8 Å². The number of hydrogen-bond donors (Lipinski definition) is 1. The van der Waals surface area contributed by atoms with Gasteiger partial charge < -0.3 is 5.73 Å². The molecule has 3 rings (SSSR count). The van der Waals surface area contributed by atoms with E-state index in [0.717, 1.165) is 18.8 Å². The molecule has 3 heteroatoms. The maximum Gasteiger partial charge on any atom is 0.113 e. The van der Waals surface area contributed by atoms with Gasteiger partial charge in [0.2, 0.25) is 0 Å². The summed E-state index contributed by atoms with van der Waals surface area (Å²) < 4.78 is 0. The largest absolute Gasteiger partial charge is 0.319 e. The molecule has 2 nitrogen and oxygen atoms in total. The summed E-state index contributed by atoms with van der Waals surface area (Å²) in [7, 11) is 0. The molecule has 1 saturated carbocycles. The molecule has 1 fully saturated rings. The molecule has 0 amide bonds. The van der Waals surface area contributed by atoms with Crippen LogP contribution < -0.4 is 5.73 Å². The SMILES string of the molecule is CC1CCCC(N)(c2nc3c(s2)CCC3(C)C)C1. The Balaban J connectivity index is 1.94. The molecular formula is C15H24N2S. The van der Waals surface area contributed by atoms with Crippen molar-refractivity contribution in [3.8, 4) is 0 Å². The molecule has 2 unspecified atom stereocenters. The lowest BCUT2D eigenvalue weighted by Gasteiger charge is -2.35. The minimum Gasteiger partial charge on any atom is -0.319 e. The van der Waals surface area contributed by atoms with Gasteiger partial charge in [0.1, 0.15) is 5.01 Å². The molecule has 0 radical (unpaired) electrons. The maximum absolute atomic E-state index is 6.67. The molecule has 2 aliphatic carbocycles. The zero-order valence-electron chi connectivity index (χ0n) is 11.8. The fourth-order valence-corrected chi connectivity index (χ4v) is 4.98. The first-order valence-corrected chi connectivity index (χ1v) is 8.02. The number of thiazole rings is 1. The van der Waals surface area contributed by atoms with Crippen LogP contribution in [0.3, 0.4) is 0 Å². The number of rotatable bonds is 1. The molecule has 100 valence electrons. The second kappa shape index (κ2) is 4.04. The molecule has 2 atom stereocenters. The summed E-state index contributed by atoms with van der Waals surface area (Å²) in [6.07, 6.45) is 7.26. The van der Waals surface area contributed by atoms with Gasteiger partial charge >= 0.3 is 0 Å². The molecule has 0 spiro atoms. The summed E-state index contributed by atoms with van der Waals surface area (Å²) in [5, 5.41) is 1.21. The minimum atomic E-state index is -0.136. The van der Waals surface area contributed by atoms with Crippen molar-refractivity contribution in [2.45, 2.75) is 70.3 Å². The van der Waals surface area contributed by atoms with E-state index in [4.69, 9.17) is 10.7 Å². The van der Waals surface area contributed by atoms with E-state index >= 15 is 0 Å². The van der Waals surface area contributed by atoms with Crippen LogP contribution in [0.4, 0.5) is 0 Å². The standard InChI is InChI=1S/C15H24N2S/c1-10-5-4-7-15(16,9-10)13-17-12-11(18-13)6-8-14(12,2)3/h10H,4-9,16H2,1-3H3. The predicted molar refractivity (Wildman–Crippen MR) is 77.0 cm³/mol. The molecule has 18 heavy (non-hydrogen) atoms. The van der Waals surface area contributed by atoms with E-state index in [1.165, 1.54) is 41.3 Å². The van der Waals surface area contributed by atoms with Crippen molar-refractivity contribution in [3.05, 3.63) is 15.6 Å². The van der Waals surface area contributed by atoms with Gasteiger partial charge in [0.05, 0.1) is 11.2 Å². The number of aromatic nitrogens is 1. The van der Waals surface area contributed by atoms with Gasteiger partial charge in [0.15, 0.2) is 0 Å². The lowest BCUT2D eigenvalue weighted by atomic mass is 9.77. The van der Waals surface area contributed by atoms with Gasteiger partial charge in [-0.05, 0) is 31.6 Å². The Morgan fingerprint density at radius 3 is 2.78 bits per heavy atom. The van der Waals surface area contributed by atoms with E-state index < -0.39 is 0 Å². The average Bonchev–Trinajstić information content (AvgIpc) is 2.81. The van der Waals surface area contributed by atoms with Gasteiger partial charge in [-0.1, -0.05) is 33.6 Å². The van der Waals surface area contributed by atoms with Gasteiger partial charge in [0.25, 0.3) is 0 Å². The summed E-state index contributed by atoms with van der Waals surface area (Å²) in [6.45, 7) is 6.95. The van der Waals surface area contributed by atoms with Crippen LogP contribution in [0.5, 0.6) is 0 Å². The second-order valence-corrected chi connectivity index (χ2v) is 8.12. The summed E-state index contributed by atoms with van der Waals surface area (Å²) in [6, 6.07) is 0. The van der Waals surface area contributed by atoms with E-state index in [1.807, 2.05) is 11.3 Å².